The molecule has 2 fully saturated rings. The number of aliphatic hydroxyl groups is 1. The van der Waals surface area contributed by atoms with Gasteiger partial charge in [0.15, 0.2) is 0 Å². The Morgan fingerprint density at radius 3 is 2.74 bits per heavy atom. The van der Waals surface area contributed by atoms with E-state index in [9.17, 15) is 23.5 Å². The summed E-state index contributed by atoms with van der Waals surface area (Å²) in [6, 6.07) is 3.32. The smallest absolute Gasteiger partial charge is 0.275 e. The predicted molar refractivity (Wildman–Crippen MR) is 120 cm³/mol. The molecular weight excluding hydrogens is 446 g/mol. The number of nitrogens with one attached hydrogen (secondary N) is 1. The second kappa shape index (κ2) is 9.71. The first-order valence-corrected chi connectivity index (χ1v) is 11.4. The zero-order valence-electron chi connectivity index (χ0n) is 19.6. The fraction of sp³-hybridized carbons (Fsp3) is 0.500. The van der Waals surface area contributed by atoms with Crippen LogP contribution in [0.4, 0.5) is 8.78 Å². The van der Waals surface area contributed by atoms with Crippen molar-refractivity contribution in [2.45, 2.75) is 39.5 Å². The van der Waals surface area contributed by atoms with Crippen LogP contribution in [-0.4, -0.2) is 76.7 Å². The third-order valence-corrected chi connectivity index (χ3v) is 6.28. The van der Waals surface area contributed by atoms with Gasteiger partial charge in [0.2, 0.25) is 0 Å². The minimum absolute atomic E-state index is 0.0970. The molecule has 0 bridgehead atoms. The SMILES string of the molecule is CC(C)CN1C2CN3/C=C(/C(=O)NCc4ccc(F)cc4F)COC/C(O)=C\3C(=O)N2C[C@@H]1C. The van der Waals surface area contributed by atoms with Gasteiger partial charge in [0, 0.05) is 43.5 Å². The number of nitrogens with zero attached hydrogens (tertiary/aromatic N) is 3. The van der Waals surface area contributed by atoms with Gasteiger partial charge >= 0.3 is 0 Å². The number of benzene rings is 1. The molecule has 0 aromatic heterocycles. The molecule has 1 aromatic rings. The van der Waals surface area contributed by atoms with Crippen molar-refractivity contribution in [2.24, 2.45) is 5.92 Å². The zero-order valence-corrected chi connectivity index (χ0v) is 19.6. The third-order valence-electron chi connectivity index (χ3n) is 6.28. The summed E-state index contributed by atoms with van der Waals surface area (Å²) in [5.74, 6) is -2.02. The number of hydrogen-bond acceptors (Lipinski definition) is 6. The van der Waals surface area contributed by atoms with E-state index in [0.29, 0.717) is 19.0 Å². The maximum Gasteiger partial charge on any atom is 0.275 e. The Bertz CT molecular complexity index is 1040. The van der Waals surface area contributed by atoms with Gasteiger partial charge in [-0.1, -0.05) is 19.9 Å². The summed E-state index contributed by atoms with van der Waals surface area (Å²) >= 11 is 0. The molecule has 0 spiro atoms. The number of carbonyl (C=O) groups is 2. The molecule has 2 saturated heterocycles. The molecule has 0 aliphatic carbocycles. The van der Waals surface area contributed by atoms with Crippen molar-refractivity contribution in [3.63, 3.8) is 0 Å². The van der Waals surface area contributed by atoms with Gasteiger partial charge in [0.1, 0.15) is 35.9 Å². The van der Waals surface area contributed by atoms with Crippen LogP contribution in [0.2, 0.25) is 0 Å². The Labute approximate surface area is 197 Å². The summed E-state index contributed by atoms with van der Waals surface area (Å²) in [7, 11) is 0. The average Bonchev–Trinajstić information content (AvgIpc) is 3.06. The lowest BCUT2D eigenvalue weighted by atomic mass is 10.1. The topological polar surface area (TPSA) is 85.4 Å². The van der Waals surface area contributed by atoms with Gasteiger partial charge in [-0.25, -0.2) is 8.78 Å². The van der Waals surface area contributed by atoms with Crippen LogP contribution in [0.15, 0.2) is 41.4 Å². The summed E-state index contributed by atoms with van der Waals surface area (Å²) in [4.78, 5) is 31.9. The Morgan fingerprint density at radius 1 is 1.26 bits per heavy atom. The van der Waals surface area contributed by atoms with Gasteiger partial charge in [-0.05, 0) is 18.9 Å². The lowest BCUT2D eigenvalue weighted by molar-refractivity contribution is -0.135. The lowest BCUT2D eigenvalue weighted by Crippen LogP contribution is -2.56. The fourth-order valence-electron chi connectivity index (χ4n) is 4.69. The zero-order chi connectivity index (χ0) is 24.6. The molecule has 4 rings (SSSR count). The van der Waals surface area contributed by atoms with E-state index < -0.39 is 17.5 Å². The Balaban J connectivity index is 1.57. The van der Waals surface area contributed by atoms with Crippen LogP contribution in [0.25, 0.3) is 0 Å². The number of hydrogen-bond donors (Lipinski definition) is 2. The highest BCUT2D eigenvalue weighted by Gasteiger charge is 2.47. The Kier molecular flexibility index (Phi) is 6.90. The van der Waals surface area contributed by atoms with Crippen LogP contribution in [0.1, 0.15) is 26.3 Å². The van der Waals surface area contributed by atoms with Crippen LogP contribution >= 0.6 is 0 Å². The van der Waals surface area contributed by atoms with E-state index in [0.717, 1.165) is 18.7 Å². The van der Waals surface area contributed by atoms with Crippen LogP contribution in [0, 0.1) is 17.6 Å². The number of carbonyl (C=O) groups excluding carboxylic acids is 2. The molecule has 2 amide bonds. The van der Waals surface area contributed by atoms with Gasteiger partial charge in [-0.15, -0.1) is 0 Å². The lowest BCUT2D eigenvalue weighted by Gasteiger charge is -2.42. The number of ether oxygens (including phenoxy) is 1. The highest BCUT2D eigenvalue weighted by atomic mass is 19.1. The van der Waals surface area contributed by atoms with Gasteiger partial charge in [0.25, 0.3) is 11.8 Å². The molecule has 1 aromatic carbocycles. The second-order valence-corrected chi connectivity index (χ2v) is 9.39. The average molecular weight is 477 g/mol. The molecule has 2 N–H and O–H groups in total. The predicted octanol–water partition coefficient (Wildman–Crippen LogP) is 2.10. The Morgan fingerprint density at radius 2 is 2.03 bits per heavy atom. The van der Waals surface area contributed by atoms with Crippen LogP contribution in [0.5, 0.6) is 0 Å². The first-order valence-electron chi connectivity index (χ1n) is 11.4. The molecule has 34 heavy (non-hydrogen) atoms. The van der Waals surface area contributed by atoms with Crippen LogP contribution < -0.4 is 5.32 Å². The van der Waals surface area contributed by atoms with Crippen molar-refractivity contribution in [3.8, 4) is 0 Å². The Hall–Kier alpha value is -2.98. The van der Waals surface area contributed by atoms with Crippen molar-refractivity contribution in [3.05, 3.63) is 58.6 Å². The van der Waals surface area contributed by atoms with E-state index in [4.69, 9.17) is 4.74 Å². The maximum atomic E-state index is 13.9. The van der Waals surface area contributed by atoms with Crippen molar-refractivity contribution < 1.29 is 28.2 Å². The number of piperazine rings is 1. The second-order valence-electron chi connectivity index (χ2n) is 9.39. The van der Waals surface area contributed by atoms with Crippen molar-refractivity contribution in [1.29, 1.82) is 0 Å². The number of aliphatic hydroxyl groups excluding tert-OH is 1. The molecule has 2 atom stereocenters. The van der Waals surface area contributed by atoms with E-state index >= 15 is 0 Å². The van der Waals surface area contributed by atoms with E-state index in [2.05, 4.69) is 31.0 Å². The highest BCUT2D eigenvalue weighted by Crippen LogP contribution is 2.32. The highest BCUT2D eigenvalue weighted by molar-refractivity contribution is 5.96. The fourth-order valence-corrected chi connectivity index (χ4v) is 4.69. The van der Waals surface area contributed by atoms with Gasteiger partial charge in [-0.3, -0.25) is 14.5 Å². The van der Waals surface area contributed by atoms with Gasteiger partial charge < -0.3 is 25.0 Å². The molecule has 0 radical (unpaired) electrons. The maximum absolute atomic E-state index is 13.9. The molecular formula is C24H30F2N4O4. The summed E-state index contributed by atoms with van der Waals surface area (Å²) in [5.41, 5.74) is 0.480. The largest absolute Gasteiger partial charge is 0.507 e. The monoisotopic (exact) mass is 476 g/mol. The first-order chi connectivity index (χ1) is 16.2. The molecule has 3 heterocycles. The quantitative estimate of drug-likeness (QED) is 0.677. The standard InChI is InChI=1S/C24H30F2N4O4/c1-14(2)8-29-15(3)9-30-21(29)11-28-10-17(12-34-13-20(31)22(28)24(30)33)23(32)27-7-16-4-5-18(25)6-19(16)26/h4-6,10,14-15,21,31H,7-9,11-13H2,1-3H3,(H,27,32)/b17-10+,22-20+/t15-,21?/m0/s1. The number of amides is 2. The number of rotatable bonds is 5. The van der Waals surface area contributed by atoms with Crippen LogP contribution in [-0.2, 0) is 20.9 Å². The molecule has 0 saturated carbocycles. The van der Waals surface area contributed by atoms with E-state index in [1.807, 2.05) is 0 Å². The summed E-state index contributed by atoms with van der Waals surface area (Å²) < 4.78 is 32.5. The minimum atomic E-state index is -0.749. The van der Waals surface area contributed by atoms with Crippen molar-refractivity contribution in [1.82, 2.24) is 20.0 Å². The first kappa shape index (κ1) is 24.2. The molecule has 1 unspecified atom stereocenters. The third kappa shape index (κ3) is 4.78. The van der Waals surface area contributed by atoms with Gasteiger partial charge in [0.05, 0.1) is 18.7 Å². The van der Waals surface area contributed by atoms with E-state index in [1.54, 1.807) is 9.80 Å². The van der Waals surface area contributed by atoms with Crippen molar-refractivity contribution >= 4 is 11.8 Å². The van der Waals surface area contributed by atoms with E-state index in [-0.39, 0.29) is 60.5 Å². The van der Waals surface area contributed by atoms with Gasteiger partial charge in [-0.2, -0.15) is 0 Å². The molecule has 3 aliphatic rings. The molecule has 3 aliphatic heterocycles. The minimum Gasteiger partial charge on any atom is -0.507 e. The van der Waals surface area contributed by atoms with E-state index in [1.165, 1.54) is 12.3 Å². The number of halogens is 2. The molecule has 8 nitrogen and oxygen atoms in total. The molecule has 184 valence electrons. The summed E-state index contributed by atoms with van der Waals surface area (Å²) in [5, 5.41) is 13.2. The van der Waals surface area contributed by atoms with Crippen molar-refractivity contribution in [2.75, 3.05) is 32.8 Å². The summed E-state index contributed by atoms with van der Waals surface area (Å²) in [6.07, 6.45) is 1.34. The normalized spacial score (nSPS) is 27.1. The molecule has 10 heteroatoms. The van der Waals surface area contributed by atoms with Crippen LogP contribution in [0.3, 0.4) is 0 Å². The summed E-state index contributed by atoms with van der Waals surface area (Å²) in [6.45, 7) is 7.65. The number of fused-ring (bicyclic) bond motifs is 2.